The predicted molar refractivity (Wildman–Crippen MR) is 50.9 cm³/mol. The summed E-state index contributed by atoms with van der Waals surface area (Å²) in [4.78, 5) is 0. The average molecular weight is 161 g/mol. The second-order valence-corrected chi connectivity index (χ2v) is 3.78. The lowest BCUT2D eigenvalue weighted by atomic mass is 9.67. The van der Waals surface area contributed by atoms with Crippen LogP contribution >= 0.6 is 0 Å². The highest BCUT2D eigenvalue weighted by molar-refractivity contribution is 5.23. The van der Waals surface area contributed by atoms with Crippen LogP contribution in [0.4, 0.5) is 0 Å². The van der Waals surface area contributed by atoms with Crippen molar-refractivity contribution in [2.75, 3.05) is 0 Å². The molecule has 1 saturated carbocycles. The molecule has 0 bridgehead atoms. The number of nitrogens with two attached hydrogens (primary N) is 1. The van der Waals surface area contributed by atoms with Crippen LogP contribution < -0.4 is 5.73 Å². The van der Waals surface area contributed by atoms with Gasteiger partial charge in [0.05, 0.1) is 0 Å². The predicted octanol–water partition coefficient (Wildman–Crippen LogP) is 2.14. The van der Waals surface area contributed by atoms with Crippen LogP contribution in [0.3, 0.4) is 0 Å². The normalized spacial score (nSPS) is 34.3. The SMILES string of the molecule is C[C@H]1[C@@H](N)C[C@H]1c1ccccc1. The molecule has 0 aliphatic heterocycles. The molecule has 0 spiro atoms. The van der Waals surface area contributed by atoms with Gasteiger partial charge in [-0.25, -0.2) is 0 Å². The quantitative estimate of drug-likeness (QED) is 0.671. The third-order valence-electron chi connectivity index (χ3n) is 3.06. The molecule has 2 rings (SSSR count). The Hall–Kier alpha value is -0.820. The summed E-state index contributed by atoms with van der Waals surface area (Å²) < 4.78 is 0. The van der Waals surface area contributed by atoms with E-state index in [9.17, 15) is 0 Å². The number of hydrogen-bond acceptors (Lipinski definition) is 1. The van der Waals surface area contributed by atoms with Gasteiger partial charge < -0.3 is 5.73 Å². The van der Waals surface area contributed by atoms with Crippen LogP contribution in [0.25, 0.3) is 0 Å². The Balaban J connectivity index is 2.13. The molecule has 2 N–H and O–H groups in total. The van der Waals surface area contributed by atoms with Gasteiger partial charge in [0.1, 0.15) is 0 Å². The van der Waals surface area contributed by atoms with E-state index in [1.165, 1.54) is 5.56 Å². The van der Waals surface area contributed by atoms with Crippen LogP contribution in [0.5, 0.6) is 0 Å². The van der Waals surface area contributed by atoms with Gasteiger partial charge in [0.15, 0.2) is 0 Å². The van der Waals surface area contributed by atoms with E-state index >= 15 is 0 Å². The Bertz CT molecular complexity index is 255. The van der Waals surface area contributed by atoms with Gasteiger partial charge in [-0.1, -0.05) is 37.3 Å². The van der Waals surface area contributed by atoms with Crippen molar-refractivity contribution in [2.24, 2.45) is 11.7 Å². The first-order chi connectivity index (χ1) is 5.79. The van der Waals surface area contributed by atoms with Crippen molar-refractivity contribution in [1.82, 2.24) is 0 Å². The molecule has 1 nitrogen and oxygen atoms in total. The lowest BCUT2D eigenvalue weighted by Crippen LogP contribution is -2.44. The number of benzene rings is 1. The fourth-order valence-corrected chi connectivity index (χ4v) is 1.96. The van der Waals surface area contributed by atoms with Gasteiger partial charge in [-0.05, 0) is 23.8 Å². The highest BCUT2D eigenvalue weighted by Crippen LogP contribution is 2.40. The minimum absolute atomic E-state index is 0.426. The summed E-state index contributed by atoms with van der Waals surface area (Å²) in [6.07, 6.45) is 1.16. The van der Waals surface area contributed by atoms with E-state index in [-0.39, 0.29) is 0 Å². The zero-order valence-electron chi connectivity index (χ0n) is 7.40. The molecule has 0 amide bonds. The summed E-state index contributed by atoms with van der Waals surface area (Å²) in [6, 6.07) is 11.1. The van der Waals surface area contributed by atoms with Crippen LogP contribution in [0.2, 0.25) is 0 Å². The van der Waals surface area contributed by atoms with E-state index in [0.717, 1.165) is 6.42 Å². The topological polar surface area (TPSA) is 26.0 Å². The zero-order valence-corrected chi connectivity index (χ0v) is 7.40. The average Bonchev–Trinajstić information content (AvgIpc) is 2.15. The van der Waals surface area contributed by atoms with Gasteiger partial charge in [-0.15, -0.1) is 0 Å². The van der Waals surface area contributed by atoms with Crippen molar-refractivity contribution in [3.05, 3.63) is 35.9 Å². The Morgan fingerprint density at radius 3 is 2.42 bits per heavy atom. The third kappa shape index (κ3) is 1.14. The maximum atomic E-state index is 5.85. The van der Waals surface area contributed by atoms with Gasteiger partial charge in [0.25, 0.3) is 0 Å². The Labute approximate surface area is 73.6 Å². The fourth-order valence-electron chi connectivity index (χ4n) is 1.96. The van der Waals surface area contributed by atoms with Crippen LogP contribution in [-0.2, 0) is 0 Å². The molecule has 12 heavy (non-hydrogen) atoms. The number of rotatable bonds is 1. The minimum atomic E-state index is 0.426. The molecule has 1 aromatic carbocycles. The molecule has 1 aromatic rings. The molecule has 0 unspecified atom stereocenters. The molecule has 0 saturated heterocycles. The van der Waals surface area contributed by atoms with Crippen molar-refractivity contribution >= 4 is 0 Å². The smallest absolute Gasteiger partial charge is 0.00763 e. The highest BCUT2D eigenvalue weighted by Gasteiger charge is 2.35. The Kier molecular flexibility index (Phi) is 1.89. The minimum Gasteiger partial charge on any atom is -0.327 e. The van der Waals surface area contributed by atoms with Gasteiger partial charge in [0.2, 0.25) is 0 Å². The van der Waals surface area contributed by atoms with Crippen LogP contribution in [0.15, 0.2) is 30.3 Å². The van der Waals surface area contributed by atoms with Crippen molar-refractivity contribution in [3.63, 3.8) is 0 Å². The molecule has 3 atom stereocenters. The summed E-state index contributed by atoms with van der Waals surface area (Å²) in [5, 5.41) is 0. The first-order valence-electron chi connectivity index (χ1n) is 4.59. The summed E-state index contributed by atoms with van der Waals surface area (Å²) in [5.41, 5.74) is 7.30. The first kappa shape index (κ1) is 7.81. The van der Waals surface area contributed by atoms with Gasteiger partial charge in [-0.3, -0.25) is 0 Å². The molecule has 0 heterocycles. The molecular formula is C11H15N. The van der Waals surface area contributed by atoms with E-state index in [1.807, 2.05) is 0 Å². The monoisotopic (exact) mass is 161 g/mol. The molecule has 1 aliphatic rings. The molecule has 0 aromatic heterocycles. The standard InChI is InChI=1S/C11H15N/c1-8-10(7-11(8)12)9-5-3-2-4-6-9/h2-6,8,10-11H,7,12H2,1H3/t8-,10-,11+/m1/s1. The van der Waals surface area contributed by atoms with E-state index in [1.54, 1.807) is 0 Å². The second kappa shape index (κ2) is 2.91. The zero-order chi connectivity index (χ0) is 8.55. The number of hydrogen-bond donors (Lipinski definition) is 1. The van der Waals surface area contributed by atoms with Crippen LogP contribution in [0, 0.1) is 5.92 Å². The maximum absolute atomic E-state index is 5.85. The largest absolute Gasteiger partial charge is 0.327 e. The molecule has 1 aliphatic carbocycles. The first-order valence-corrected chi connectivity index (χ1v) is 4.59. The molecule has 1 fully saturated rings. The fraction of sp³-hybridized carbons (Fsp3) is 0.455. The summed E-state index contributed by atoms with van der Waals surface area (Å²) in [7, 11) is 0. The van der Waals surface area contributed by atoms with Gasteiger partial charge in [0, 0.05) is 6.04 Å². The van der Waals surface area contributed by atoms with E-state index in [0.29, 0.717) is 17.9 Å². The Morgan fingerprint density at radius 1 is 1.25 bits per heavy atom. The van der Waals surface area contributed by atoms with Crippen molar-refractivity contribution in [2.45, 2.75) is 25.3 Å². The summed E-state index contributed by atoms with van der Waals surface area (Å²) >= 11 is 0. The lowest BCUT2D eigenvalue weighted by Gasteiger charge is -2.40. The van der Waals surface area contributed by atoms with Crippen molar-refractivity contribution in [3.8, 4) is 0 Å². The van der Waals surface area contributed by atoms with Crippen molar-refractivity contribution in [1.29, 1.82) is 0 Å². The summed E-state index contributed by atoms with van der Waals surface area (Å²) in [6.45, 7) is 2.24. The molecule has 64 valence electrons. The lowest BCUT2D eigenvalue weighted by molar-refractivity contribution is 0.226. The van der Waals surface area contributed by atoms with Crippen LogP contribution in [0.1, 0.15) is 24.8 Å². The van der Waals surface area contributed by atoms with E-state index in [2.05, 4.69) is 37.3 Å². The molecule has 0 radical (unpaired) electrons. The highest BCUT2D eigenvalue weighted by atomic mass is 14.7. The van der Waals surface area contributed by atoms with Gasteiger partial charge >= 0.3 is 0 Å². The third-order valence-corrected chi connectivity index (χ3v) is 3.06. The molecular weight excluding hydrogens is 146 g/mol. The van der Waals surface area contributed by atoms with Gasteiger partial charge in [-0.2, -0.15) is 0 Å². The van der Waals surface area contributed by atoms with E-state index in [4.69, 9.17) is 5.73 Å². The van der Waals surface area contributed by atoms with Crippen molar-refractivity contribution < 1.29 is 0 Å². The maximum Gasteiger partial charge on any atom is 0.00763 e. The van der Waals surface area contributed by atoms with Crippen LogP contribution in [-0.4, -0.2) is 6.04 Å². The summed E-state index contributed by atoms with van der Waals surface area (Å²) in [5.74, 6) is 1.37. The molecule has 1 heteroatoms. The Morgan fingerprint density at radius 2 is 1.92 bits per heavy atom. The second-order valence-electron chi connectivity index (χ2n) is 3.78. The van der Waals surface area contributed by atoms with E-state index < -0.39 is 0 Å².